The third-order valence-corrected chi connectivity index (χ3v) is 6.57. The Labute approximate surface area is 208 Å². The molecule has 0 aliphatic rings. The molecule has 0 saturated carbocycles. The van der Waals surface area contributed by atoms with E-state index in [4.69, 9.17) is 4.98 Å². The van der Waals surface area contributed by atoms with Crippen molar-refractivity contribution in [2.24, 2.45) is 0 Å². The Hall–Kier alpha value is -5.03. The molecule has 0 bridgehead atoms. The normalized spacial score (nSPS) is 11.3. The summed E-state index contributed by atoms with van der Waals surface area (Å²) in [5, 5.41) is 0. The van der Waals surface area contributed by atoms with Gasteiger partial charge in [-0.3, -0.25) is 14.1 Å². The van der Waals surface area contributed by atoms with E-state index in [1.165, 1.54) is 0 Å². The van der Waals surface area contributed by atoms with Gasteiger partial charge >= 0.3 is 0 Å². The molecule has 5 nitrogen and oxygen atoms in total. The SMILES string of the molecule is c1cc(-c2ccccc2-c2ccc(-n3cnc4ccccc43)cn2)cc(-n2cnc3ccccc32)c1. The topological polar surface area (TPSA) is 48.5 Å². The van der Waals surface area contributed by atoms with E-state index >= 15 is 0 Å². The third kappa shape index (κ3) is 3.37. The maximum Gasteiger partial charge on any atom is 0.100 e. The Kier molecular flexibility index (Phi) is 4.71. The van der Waals surface area contributed by atoms with Crippen LogP contribution in [0.5, 0.6) is 0 Å². The molecule has 7 aromatic rings. The number of imidazole rings is 2. The smallest absolute Gasteiger partial charge is 0.100 e. The van der Waals surface area contributed by atoms with Crippen LogP contribution in [-0.4, -0.2) is 24.1 Å². The fraction of sp³-hybridized carbons (Fsp3) is 0. The van der Waals surface area contributed by atoms with Gasteiger partial charge in [0, 0.05) is 11.3 Å². The molecule has 36 heavy (non-hydrogen) atoms. The van der Waals surface area contributed by atoms with E-state index in [0.29, 0.717) is 0 Å². The monoisotopic (exact) mass is 463 g/mol. The Morgan fingerprint density at radius 2 is 1.11 bits per heavy atom. The van der Waals surface area contributed by atoms with Gasteiger partial charge in [-0.1, -0.05) is 60.7 Å². The van der Waals surface area contributed by atoms with Gasteiger partial charge in [0.1, 0.15) is 12.7 Å². The second kappa shape index (κ2) is 8.32. The fourth-order valence-electron chi connectivity index (χ4n) is 4.80. The van der Waals surface area contributed by atoms with Crippen molar-refractivity contribution in [3.63, 3.8) is 0 Å². The predicted molar refractivity (Wildman–Crippen MR) is 144 cm³/mol. The van der Waals surface area contributed by atoms with Gasteiger partial charge in [0.25, 0.3) is 0 Å². The van der Waals surface area contributed by atoms with E-state index in [2.05, 4.69) is 91.9 Å². The zero-order valence-corrected chi connectivity index (χ0v) is 19.4. The first-order valence-corrected chi connectivity index (χ1v) is 11.9. The quantitative estimate of drug-likeness (QED) is 0.280. The number of para-hydroxylation sites is 4. The number of hydrogen-bond acceptors (Lipinski definition) is 3. The van der Waals surface area contributed by atoms with Gasteiger partial charge < -0.3 is 0 Å². The molecule has 4 aromatic carbocycles. The van der Waals surface area contributed by atoms with Crippen molar-refractivity contribution in [1.82, 2.24) is 24.1 Å². The summed E-state index contributed by atoms with van der Waals surface area (Å²) in [6.45, 7) is 0. The highest BCUT2D eigenvalue weighted by molar-refractivity contribution is 5.84. The number of nitrogens with zero attached hydrogens (tertiary/aromatic N) is 5. The van der Waals surface area contributed by atoms with Crippen molar-refractivity contribution in [3.05, 3.63) is 128 Å². The van der Waals surface area contributed by atoms with Crippen molar-refractivity contribution >= 4 is 22.1 Å². The Morgan fingerprint density at radius 1 is 0.472 bits per heavy atom. The summed E-state index contributed by atoms with van der Waals surface area (Å²) in [5.41, 5.74) is 10.5. The van der Waals surface area contributed by atoms with Gasteiger partial charge in [-0.2, -0.15) is 0 Å². The Balaban J connectivity index is 1.28. The summed E-state index contributed by atoms with van der Waals surface area (Å²) in [6.07, 6.45) is 5.64. The van der Waals surface area contributed by atoms with Crippen LogP contribution in [0.2, 0.25) is 0 Å². The van der Waals surface area contributed by atoms with Crippen LogP contribution < -0.4 is 0 Å². The van der Waals surface area contributed by atoms with Crippen molar-refractivity contribution in [3.8, 4) is 33.8 Å². The molecular weight excluding hydrogens is 442 g/mol. The summed E-state index contributed by atoms with van der Waals surface area (Å²) in [7, 11) is 0. The third-order valence-electron chi connectivity index (χ3n) is 6.57. The summed E-state index contributed by atoms with van der Waals surface area (Å²) >= 11 is 0. The molecule has 0 radical (unpaired) electrons. The first-order valence-electron chi connectivity index (χ1n) is 11.9. The minimum atomic E-state index is 0.928. The molecule has 3 heterocycles. The van der Waals surface area contributed by atoms with Gasteiger partial charge in [-0.25, -0.2) is 9.97 Å². The number of rotatable bonds is 4. The van der Waals surface area contributed by atoms with Crippen LogP contribution in [0.1, 0.15) is 0 Å². The van der Waals surface area contributed by atoms with Crippen LogP contribution in [0.3, 0.4) is 0 Å². The summed E-state index contributed by atoms with van der Waals surface area (Å²) < 4.78 is 4.20. The highest BCUT2D eigenvalue weighted by Gasteiger charge is 2.11. The molecule has 0 unspecified atom stereocenters. The number of hydrogen-bond donors (Lipinski definition) is 0. The van der Waals surface area contributed by atoms with Crippen LogP contribution in [0.15, 0.2) is 128 Å². The van der Waals surface area contributed by atoms with Crippen molar-refractivity contribution in [2.45, 2.75) is 0 Å². The number of benzene rings is 4. The van der Waals surface area contributed by atoms with Crippen LogP contribution in [0.4, 0.5) is 0 Å². The van der Waals surface area contributed by atoms with Gasteiger partial charge in [0.15, 0.2) is 0 Å². The summed E-state index contributed by atoms with van der Waals surface area (Å²) in [6, 6.07) is 37.5. The Morgan fingerprint density at radius 3 is 1.81 bits per heavy atom. The van der Waals surface area contributed by atoms with Crippen molar-refractivity contribution in [2.75, 3.05) is 0 Å². The lowest BCUT2D eigenvalue weighted by Gasteiger charge is -2.12. The molecule has 0 saturated heterocycles. The van der Waals surface area contributed by atoms with Crippen molar-refractivity contribution in [1.29, 1.82) is 0 Å². The summed E-state index contributed by atoms with van der Waals surface area (Å²) in [5.74, 6) is 0. The average molecular weight is 464 g/mol. The van der Waals surface area contributed by atoms with Crippen LogP contribution >= 0.6 is 0 Å². The molecule has 0 aliphatic heterocycles. The molecule has 0 atom stereocenters. The largest absolute Gasteiger partial charge is 0.299 e. The molecule has 0 aliphatic carbocycles. The first-order chi connectivity index (χ1) is 17.8. The van der Waals surface area contributed by atoms with Gasteiger partial charge in [-0.15, -0.1) is 0 Å². The minimum Gasteiger partial charge on any atom is -0.299 e. The van der Waals surface area contributed by atoms with E-state index in [9.17, 15) is 0 Å². The standard InChI is InChI=1S/C31H21N5/c1-2-11-26(27-17-16-24(19-32-27)36-21-34-29-13-4-6-15-31(29)36)25(10-1)22-8-7-9-23(18-22)35-20-33-28-12-3-5-14-30(28)35/h1-21H. The molecule has 170 valence electrons. The maximum absolute atomic E-state index is 4.85. The predicted octanol–water partition coefficient (Wildman–Crippen LogP) is 7.09. The lowest BCUT2D eigenvalue weighted by molar-refractivity contribution is 1.07. The zero-order valence-electron chi connectivity index (χ0n) is 19.4. The fourth-order valence-corrected chi connectivity index (χ4v) is 4.80. The lowest BCUT2D eigenvalue weighted by Crippen LogP contribution is -1.95. The lowest BCUT2D eigenvalue weighted by atomic mass is 9.97. The Bertz CT molecular complexity index is 1840. The minimum absolute atomic E-state index is 0.928. The number of pyridine rings is 1. The highest BCUT2D eigenvalue weighted by atomic mass is 15.1. The second-order valence-corrected chi connectivity index (χ2v) is 8.70. The molecule has 7 rings (SSSR count). The second-order valence-electron chi connectivity index (χ2n) is 8.70. The first kappa shape index (κ1) is 20.4. The molecule has 0 spiro atoms. The molecule has 5 heteroatoms. The van der Waals surface area contributed by atoms with Crippen LogP contribution in [0, 0.1) is 0 Å². The van der Waals surface area contributed by atoms with E-state index in [0.717, 1.165) is 55.8 Å². The van der Waals surface area contributed by atoms with E-state index in [1.807, 2.05) is 55.2 Å². The molecule has 0 amide bonds. The average Bonchev–Trinajstić information content (AvgIpc) is 3.58. The van der Waals surface area contributed by atoms with Gasteiger partial charge in [0.2, 0.25) is 0 Å². The number of fused-ring (bicyclic) bond motifs is 2. The van der Waals surface area contributed by atoms with E-state index in [-0.39, 0.29) is 0 Å². The van der Waals surface area contributed by atoms with E-state index in [1.54, 1.807) is 0 Å². The van der Waals surface area contributed by atoms with Gasteiger partial charge in [0.05, 0.1) is 39.6 Å². The van der Waals surface area contributed by atoms with Gasteiger partial charge in [-0.05, 0) is 59.7 Å². The molecule has 3 aromatic heterocycles. The molecular formula is C31H21N5. The molecule has 0 N–H and O–H groups in total. The van der Waals surface area contributed by atoms with E-state index < -0.39 is 0 Å². The highest BCUT2D eigenvalue weighted by Crippen LogP contribution is 2.33. The van der Waals surface area contributed by atoms with Crippen LogP contribution in [-0.2, 0) is 0 Å². The van der Waals surface area contributed by atoms with Crippen LogP contribution in [0.25, 0.3) is 55.8 Å². The maximum atomic E-state index is 4.85. The number of aromatic nitrogens is 5. The van der Waals surface area contributed by atoms with Crippen molar-refractivity contribution < 1.29 is 0 Å². The summed E-state index contributed by atoms with van der Waals surface area (Å²) in [4.78, 5) is 13.9. The zero-order chi connectivity index (χ0) is 23.9. The molecule has 0 fully saturated rings.